The predicted molar refractivity (Wildman–Crippen MR) is 102 cm³/mol. The standard InChI is InChI=1S/C21H25N3O/c1-16-8-2-3-9-17(16)14-24-20-12-5-4-11-19(20)22-21(24)23-13-7-6-10-18(23)15-25/h2-5,8-9,11-12,18,25H,6-7,10,13-15H2,1H3/t18-/m1/s1. The summed E-state index contributed by atoms with van der Waals surface area (Å²) in [5.74, 6) is 0.989. The third-order valence-corrected chi connectivity index (χ3v) is 5.32. The van der Waals surface area contributed by atoms with Crippen LogP contribution in [0, 0.1) is 6.92 Å². The van der Waals surface area contributed by atoms with E-state index in [1.807, 2.05) is 6.07 Å². The largest absolute Gasteiger partial charge is 0.394 e. The van der Waals surface area contributed by atoms with Crippen molar-refractivity contribution in [3.05, 3.63) is 59.7 Å². The Bertz CT molecular complexity index is 870. The summed E-state index contributed by atoms with van der Waals surface area (Å²) in [5, 5.41) is 9.84. The number of anilines is 1. The zero-order valence-corrected chi connectivity index (χ0v) is 14.7. The Morgan fingerprint density at radius 1 is 1.08 bits per heavy atom. The van der Waals surface area contributed by atoms with Crippen LogP contribution in [-0.4, -0.2) is 33.9 Å². The van der Waals surface area contributed by atoms with Crippen molar-refractivity contribution in [2.45, 2.75) is 38.8 Å². The summed E-state index contributed by atoms with van der Waals surface area (Å²) in [6, 6.07) is 17.0. The van der Waals surface area contributed by atoms with E-state index >= 15 is 0 Å². The second-order valence-electron chi connectivity index (χ2n) is 6.94. The average Bonchev–Trinajstić information content (AvgIpc) is 3.02. The zero-order chi connectivity index (χ0) is 17.2. The van der Waals surface area contributed by atoms with Crippen molar-refractivity contribution >= 4 is 17.0 Å². The van der Waals surface area contributed by atoms with Crippen molar-refractivity contribution in [1.29, 1.82) is 0 Å². The van der Waals surface area contributed by atoms with Crippen LogP contribution in [-0.2, 0) is 6.54 Å². The van der Waals surface area contributed by atoms with Crippen molar-refractivity contribution in [2.75, 3.05) is 18.1 Å². The van der Waals surface area contributed by atoms with Gasteiger partial charge >= 0.3 is 0 Å². The van der Waals surface area contributed by atoms with Gasteiger partial charge in [-0.15, -0.1) is 0 Å². The van der Waals surface area contributed by atoms with Gasteiger partial charge in [-0.3, -0.25) is 0 Å². The monoisotopic (exact) mass is 335 g/mol. The molecule has 1 aliphatic rings. The number of hydrogen-bond acceptors (Lipinski definition) is 3. The highest BCUT2D eigenvalue weighted by atomic mass is 16.3. The molecule has 0 unspecified atom stereocenters. The first kappa shape index (κ1) is 16.2. The number of fused-ring (bicyclic) bond motifs is 1. The fraction of sp³-hybridized carbons (Fsp3) is 0.381. The predicted octanol–water partition coefficient (Wildman–Crippen LogP) is 3.74. The summed E-state index contributed by atoms with van der Waals surface area (Å²) >= 11 is 0. The maximum Gasteiger partial charge on any atom is 0.207 e. The fourth-order valence-electron chi connectivity index (χ4n) is 3.85. The summed E-state index contributed by atoms with van der Waals surface area (Å²) in [6.07, 6.45) is 3.37. The molecule has 0 radical (unpaired) electrons. The van der Waals surface area contributed by atoms with E-state index < -0.39 is 0 Å². The van der Waals surface area contributed by atoms with Crippen LogP contribution in [0.3, 0.4) is 0 Å². The summed E-state index contributed by atoms with van der Waals surface area (Å²) < 4.78 is 2.31. The molecular weight excluding hydrogens is 310 g/mol. The number of rotatable bonds is 4. The molecule has 0 saturated carbocycles. The van der Waals surface area contributed by atoms with Gasteiger partial charge in [-0.2, -0.15) is 0 Å². The van der Waals surface area contributed by atoms with E-state index in [9.17, 15) is 5.11 Å². The Morgan fingerprint density at radius 2 is 1.88 bits per heavy atom. The van der Waals surface area contributed by atoms with E-state index in [4.69, 9.17) is 4.98 Å². The van der Waals surface area contributed by atoms with Gasteiger partial charge in [-0.25, -0.2) is 4.98 Å². The lowest BCUT2D eigenvalue weighted by molar-refractivity contribution is 0.238. The SMILES string of the molecule is Cc1ccccc1Cn1c(N2CCCC[C@@H]2CO)nc2ccccc21. The maximum atomic E-state index is 9.84. The minimum absolute atomic E-state index is 0.168. The fourth-order valence-corrected chi connectivity index (χ4v) is 3.85. The molecule has 2 heterocycles. The molecule has 0 bridgehead atoms. The Kier molecular flexibility index (Phi) is 4.45. The molecule has 0 aliphatic carbocycles. The van der Waals surface area contributed by atoms with Crippen LogP contribution in [0.2, 0.25) is 0 Å². The van der Waals surface area contributed by atoms with Crippen LogP contribution in [0.1, 0.15) is 30.4 Å². The first-order chi connectivity index (χ1) is 12.3. The minimum Gasteiger partial charge on any atom is -0.394 e. The van der Waals surface area contributed by atoms with Gasteiger partial charge in [-0.1, -0.05) is 36.4 Å². The second kappa shape index (κ2) is 6.89. The van der Waals surface area contributed by atoms with Crippen molar-refractivity contribution < 1.29 is 5.11 Å². The second-order valence-corrected chi connectivity index (χ2v) is 6.94. The molecule has 3 aromatic rings. The zero-order valence-electron chi connectivity index (χ0n) is 14.7. The first-order valence-electron chi connectivity index (χ1n) is 9.15. The number of hydrogen-bond donors (Lipinski definition) is 1. The number of benzene rings is 2. The van der Waals surface area contributed by atoms with E-state index in [2.05, 4.69) is 58.9 Å². The molecule has 1 saturated heterocycles. The molecule has 4 heteroatoms. The van der Waals surface area contributed by atoms with Crippen LogP contribution in [0.5, 0.6) is 0 Å². The smallest absolute Gasteiger partial charge is 0.207 e. The summed E-state index contributed by atoms with van der Waals surface area (Å²) in [6.45, 7) is 4.11. The summed E-state index contributed by atoms with van der Waals surface area (Å²) in [7, 11) is 0. The number of para-hydroxylation sites is 2. The number of imidazole rings is 1. The lowest BCUT2D eigenvalue weighted by atomic mass is 10.0. The Balaban J connectivity index is 1.82. The number of aliphatic hydroxyl groups is 1. The summed E-state index contributed by atoms with van der Waals surface area (Å²) in [5.41, 5.74) is 4.78. The highest BCUT2D eigenvalue weighted by Crippen LogP contribution is 2.29. The number of aromatic nitrogens is 2. The molecule has 25 heavy (non-hydrogen) atoms. The molecule has 0 spiro atoms. The molecule has 2 aromatic carbocycles. The van der Waals surface area contributed by atoms with Crippen molar-refractivity contribution in [3.8, 4) is 0 Å². The Hall–Kier alpha value is -2.33. The molecule has 130 valence electrons. The van der Waals surface area contributed by atoms with Crippen LogP contribution < -0.4 is 4.90 Å². The van der Waals surface area contributed by atoms with E-state index in [0.717, 1.165) is 42.9 Å². The first-order valence-corrected chi connectivity index (χ1v) is 9.15. The van der Waals surface area contributed by atoms with Gasteiger partial charge in [0.1, 0.15) is 0 Å². The molecular formula is C21H25N3O. The molecule has 1 N–H and O–H groups in total. The highest BCUT2D eigenvalue weighted by Gasteiger charge is 2.26. The third-order valence-electron chi connectivity index (χ3n) is 5.32. The quantitative estimate of drug-likeness (QED) is 0.789. The van der Waals surface area contributed by atoms with Gasteiger partial charge in [0.05, 0.1) is 30.2 Å². The molecule has 1 atom stereocenters. The van der Waals surface area contributed by atoms with Crippen LogP contribution in [0.4, 0.5) is 5.95 Å². The molecule has 4 nitrogen and oxygen atoms in total. The van der Waals surface area contributed by atoms with E-state index in [1.165, 1.54) is 17.5 Å². The summed E-state index contributed by atoms with van der Waals surface area (Å²) in [4.78, 5) is 7.25. The van der Waals surface area contributed by atoms with Gasteiger partial charge in [0.15, 0.2) is 0 Å². The van der Waals surface area contributed by atoms with Crippen LogP contribution in [0.15, 0.2) is 48.5 Å². The maximum absolute atomic E-state index is 9.84. The lowest BCUT2D eigenvalue weighted by Gasteiger charge is -2.35. The number of nitrogens with zero attached hydrogens (tertiary/aromatic N) is 3. The number of aryl methyl sites for hydroxylation is 1. The van der Waals surface area contributed by atoms with Gasteiger partial charge in [0, 0.05) is 6.54 Å². The van der Waals surface area contributed by atoms with Crippen molar-refractivity contribution in [1.82, 2.24) is 9.55 Å². The Labute approximate surface area is 148 Å². The number of aliphatic hydroxyl groups excluding tert-OH is 1. The van der Waals surface area contributed by atoms with Crippen LogP contribution >= 0.6 is 0 Å². The topological polar surface area (TPSA) is 41.3 Å². The van der Waals surface area contributed by atoms with Gasteiger partial charge < -0.3 is 14.6 Å². The van der Waals surface area contributed by atoms with Crippen molar-refractivity contribution in [3.63, 3.8) is 0 Å². The highest BCUT2D eigenvalue weighted by molar-refractivity contribution is 5.79. The van der Waals surface area contributed by atoms with E-state index in [-0.39, 0.29) is 12.6 Å². The number of piperidine rings is 1. The minimum atomic E-state index is 0.168. The van der Waals surface area contributed by atoms with Crippen molar-refractivity contribution in [2.24, 2.45) is 0 Å². The van der Waals surface area contributed by atoms with Gasteiger partial charge in [0.25, 0.3) is 0 Å². The third kappa shape index (κ3) is 3.02. The van der Waals surface area contributed by atoms with Crippen LogP contribution in [0.25, 0.3) is 11.0 Å². The van der Waals surface area contributed by atoms with Gasteiger partial charge in [0.2, 0.25) is 5.95 Å². The molecule has 1 fully saturated rings. The Morgan fingerprint density at radius 3 is 2.72 bits per heavy atom. The lowest BCUT2D eigenvalue weighted by Crippen LogP contribution is -2.43. The normalized spacial score (nSPS) is 18.0. The molecule has 1 aromatic heterocycles. The van der Waals surface area contributed by atoms with E-state index in [1.54, 1.807) is 0 Å². The molecule has 1 aliphatic heterocycles. The average molecular weight is 335 g/mol. The van der Waals surface area contributed by atoms with E-state index in [0.29, 0.717) is 0 Å². The van der Waals surface area contributed by atoms with Gasteiger partial charge in [-0.05, 0) is 49.4 Å². The molecule has 4 rings (SSSR count). The molecule has 0 amide bonds.